The predicted molar refractivity (Wildman–Crippen MR) is 127 cm³/mol. The molecule has 4 rings (SSSR count). The van der Waals surface area contributed by atoms with Crippen LogP contribution in [0.1, 0.15) is 30.4 Å². The second-order valence-corrected chi connectivity index (χ2v) is 8.81. The fourth-order valence-electron chi connectivity index (χ4n) is 4.94. The van der Waals surface area contributed by atoms with Crippen molar-refractivity contribution in [2.45, 2.75) is 44.4 Å². The average molecular weight is 430 g/mol. The van der Waals surface area contributed by atoms with Crippen molar-refractivity contribution < 1.29 is 4.74 Å². The Hall–Kier alpha value is -1.43. The lowest BCUT2D eigenvalue weighted by molar-refractivity contribution is 0.0524. The first kappa shape index (κ1) is 23.2. The molecular formula is C25H36ClN3O. The van der Waals surface area contributed by atoms with E-state index in [2.05, 4.69) is 78.2 Å². The van der Waals surface area contributed by atoms with E-state index in [1.807, 2.05) is 0 Å². The van der Waals surface area contributed by atoms with Gasteiger partial charge in [-0.2, -0.15) is 0 Å². The number of morpholine rings is 1. The monoisotopic (exact) mass is 429 g/mol. The van der Waals surface area contributed by atoms with Gasteiger partial charge in [0.05, 0.1) is 13.2 Å². The molecule has 4 nitrogen and oxygen atoms in total. The van der Waals surface area contributed by atoms with E-state index in [1.165, 1.54) is 41.5 Å². The van der Waals surface area contributed by atoms with Crippen LogP contribution in [-0.2, 0) is 17.8 Å². The van der Waals surface area contributed by atoms with Crippen LogP contribution in [0.5, 0.6) is 0 Å². The Balaban J connectivity index is 0.00000256. The van der Waals surface area contributed by atoms with Crippen LogP contribution in [-0.4, -0.2) is 50.8 Å². The molecule has 1 heterocycles. The smallest absolute Gasteiger partial charge is 0.0623 e. The summed E-state index contributed by atoms with van der Waals surface area (Å²) in [6.45, 7) is 4.59. The predicted octanol–water partition coefficient (Wildman–Crippen LogP) is 4.08. The van der Waals surface area contributed by atoms with Crippen LogP contribution >= 0.6 is 12.4 Å². The number of nitrogens with zero attached hydrogens (tertiary/aromatic N) is 1. The van der Waals surface area contributed by atoms with Gasteiger partial charge in [-0.25, -0.2) is 0 Å². The van der Waals surface area contributed by atoms with E-state index in [0.29, 0.717) is 18.0 Å². The van der Waals surface area contributed by atoms with Crippen molar-refractivity contribution in [2.75, 3.05) is 33.9 Å². The molecule has 0 spiro atoms. The van der Waals surface area contributed by atoms with Crippen molar-refractivity contribution in [3.63, 3.8) is 0 Å². The Kier molecular flexibility index (Phi) is 8.72. The Labute approximate surface area is 187 Å². The van der Waals surface area contributed by atoms with E-state index in [9.17, 15) is 0 Å². The topological polar surface area (TPSA) is 36.5 Å². The summed E-state index contributed by atoms with van der Waals surface area (Å²) in [5.74, 6) is 0.674. The van der Waals surface area contributed by atoms with E-state index in [1.54, 1.807) is 0 Å². The number of halogens is 1. The molecule has 0 amide bonds. The van der Waals surface area contributed by atoms with E-state index in [0.717, 1.165) is 32.8 Å². The molecule has 1 aliphatic heterocycles. The quantitative estimate of drug-likeness (QED) is 0.695. The molecule has 2 N–H and O–H groups in total. The second-order valence-electron chi connectivity index (χ2n) is 8.81. The molecule has 0 bridgehead atoms. The first-order valence-corrected chi connectivity index (χ1v) is 11.1. The van der Waals surface area contributed by atoms with Gasteiger partial charge >= 0.3 is 0 Å². The van der Waals surface area contributed by atoms with Gasteiger partial charge in [0.25, 0.3) is 0 Å². The lowest BCUT2D eigenvalue weighted by atomic mass is 9.93. The third-order valence-electron chi connectivity index (χ3n) is 6.37. The van der Waals surface area contributed by atoms with Gasteiger partial charge in [0.15, 0.2) is 0 Å². The molecule has 1 saturated carbocycles. The molecule has 2 aromatic rings. The molecule has 164 valence electrons. The Morgan fingerprint density at radius 2 is 1.87 bits per heavy atom. The summed E-state index contributed by atoms with van der Waals surface area (Å²) in [6, 6.07) is 18.9. The van der Waals surface area contributed by atoms with Gasteiger partial charge in [-0.1, -0.05) is 55.0 Å². The highest BCUT2D eigenvalue weighted by atomic mass is 35.5. The highest BCUT2D eigenvalue weighted by Crippen LogP contribution is 2.31. The molecule has 5 heteroatoms. The van der Waals surface area contributed by atoms with Crippen LogP contribution in [0, 0.1) is 5.92 Å². The third-order valence-corrected chi connectivity index (χ3v) is 6.37. The van der Waals surface area contributed by atoms with Crippen LogP contribution in [0.25, 0.3) is 11.1 Å². The van der Waals surface area contributed by atoms with Gasteiger partial charge in [-0.15, -0.1) is 12.4 Å². The van der Waals surface area contributed by atoms with Crippen LogP contribution in [0.2, 0.25) is 0 Å². The van der Waals surface area contributed by atoms with Crippen molar-refractivity contribution in [3.8, 4) is 11.1 Å². The zero-order valence-corrected chi connectivity index (χ0v) is 19.1. The maximum atomic E-state index is 5.72. The number of nitrogens with one attached hydrogen (secondary N) is 2. The summed E-state index contributed by atoms with van der Waals surface area (Å²) in [6.07, 6.45) is 3.88. The van der Waals surface area contributed by atoms with Gasteiger partial charge < -0.3 is 20.3 Å². The molecule has 0 aromatic heterocycles. The molecule has 2 fully saturated rings. The fourth-order valence-corrected chi connectivity index (χ4v) is 4.94. The standard InChI is InChI=1S/C25H35N3O.ClH/c1-28(2)17-19-10-12-20(13-11-19)22-7-4-3-6-21(22)16-27-24-9-5-8-23(24)25-18-29-15-14-26-25;/h3-4,6-7,10-13,23-27H,5,8-9,14-18H2,1-2H3;1H. The number of hydrogen-bond acceptors (Lipinski definition) is 4. The first-order chi connectivity index (χ1) is 14.2. The maximum Gasteiger partial charge on any atom is 0.0623 e. The highest BCUT2D eigenvalue weighted by Gasteiger charge is 2.34. The van der Waals surface area contributed by atoms with Crippen molar-refractivity contribution in [2.24, 2.45) is 5.92 Å². The zero-order valence-electron chi connectivity index (χ0n) is 18.3. The minimum Gasteiger partial charge on any atom is -0.379 e. The molecule has 3 unspecified atom stereocenters. The van der Waals surface area contributed by atoms with E-state index >= 15 is 0 Å². The van der Waals surface area contributed by atoms with Gasteiger partial charge in [-0.05, 0) is 55.1 Å². The summed E-state index contributed by atoms with van der Waals surface area (Å²) < 4.78 is 5.72. The summed E-state index contributed by atoms with van der Waals surface area (Å²) in [5.41, 5.74) is 5.37. The fraction of sp³-hybridized carbons (Fsp3) is 0.520. The highest BCUT2D eigenvalue weighted by molar-refractivity contribution is 5.85. The van der Waals surface area contributed by atoms with E-state index < -0.39 is 0 Å². The molecule has 2 aromatic carbocycles. The van der Waals surface area contributed by atoms with Gasteiger partial charge in [-0.3, -0.25) is 0 Å². The van der Waals surface area contributed by atoms with Crippen LogP contribution < -0.4 is 10.6 Å². The van der Waals surface area contributed by atoms with Crippen molar-refractivity contribution in [3.05, 3.63) is 59.7 Å². The van der Waals surface area contributed by atoms with Crippen molar-refractivity contribution in [1.82, 2.24) is 15.5 Å². The first-order valence-electron chi connectivity index (χ1n) is 11.1. The molecule has 3 atom stereocenters. The molecule has 30 heavy (non-hydrogen) atoms. The second kappa shape index (κ2) is 11.3. The normalized spacial score (nSPS) is 24.0. The van der Waals surface area contributed by atoms with Gasteiger partial charge in [0.1, 0.15) is 0 Å². The number of ether oxygens (including phenoxy) is 1. The summed E-state index contributed by atoms with van der Waals surface area (Å²) in [5, 5.41) is 7.57. The third kappa shape index (κ3) is 5.83. The van der Waals surface area contributed by atoms with Gasteiger partial charge in [0.2, 0.25) is 0 Å². The van der Waals surface area contributed by atoms with Crippen LogP contribution in [0.3, 0.4) is 0 Å². The molecular weight excluding hydrogens is 394 g/mol. The zero-order chi connectivity index (χ0) is 20.1. The summed E-state index contributed by atoms with van der Waals surface area (Å²) in [7, 11) is 4.22. The van der Waals surface area contributed by atoms with Gasteiger partial charge in [0, 0.05) is 31.7 Å². The van der Waals surface area contributed by atoms with Crippen LogP contribution in [0.15, 0.2) is 48.5 Å². The molecule has 1 saturated heterocycles. The largest absolute Gasteiger partial charge is 0.379 e. The SMILES string of the molecule is CN(C)Cc1ccc(-c2ccccc2CNC2CCCC2C2COCCN2)cc1.Cl. The van der Waals surface area contributed by atoms with E-state index in [4.69, 9.17) is 4.74 Å². The number of rotatable bonds is 7. The average Bonchev–Trinajstić information content (AvgIpc) is 3.22. The van der Waals surface area contributed by atoms with E-state index in [-0.39, 0.29) is 12.4 Å². The summed E-state index contributed by atoms with van der Waals surface area (Å²) in [4.78, 5) is 2.21. The minimum absolute atomic E-state index is 0. The Bertz CT molecular complexity index is 774. The minimum atomic E-state index is 0. The molecule has 1 aliphatic carbocycles. The van der Waals surface area contributed by atoms with Crippen molar-refractivity contribution >= 4 is 12.4 Å². The number of hydrogen-bond donors (Lipinski definition) is 2. The molecule has 2 aliphatic rings. The van der Waals surface area contributed by atoms with Crippen LogP contribution in [0.4, 0.5) is 0 Å². The lowest BCUT2D eigenvalue weighted by Crippen LogP contribution is -2.50. The Morgan fingerprint density at radius 3 is 2.60 bits per heavy atom. The lowest BCUT2D eigenvalue weighted by Gasteiger charge is -2.33. The Morgan fingerprint density at radius 1 is 1.07 bits per heavy atom. The number of benzene rings is 2. The summed E-state index contributed by atoms with van der Waals surface area (Å²) >= 11 is 0. The van der Waals surface area contributed by atoms with Crippen molar-refractivity contribution in [1.29, 1.82) is 0 Å². The maximum absolute atomic E-state index is 5.72. The molecule has 0 radical (unpaired) electrons.